The second-order valence-electron chi connectivity index (χ2n) is 4.60. The summed E-state index contributed by atoms with van der Waals surface area (Å²) in [6, 6.07) is 0.0422. The van der Waals surface area contributed by atoms with E-state index in [0.717, 1.165) is 18.6 Å². The topological polar surface area (TPSA) is 49.3 Å². The molecule has 88 valence electrons. The molecule has 1 aliphatic heterocycles. The molecule has 15 heavy (non-hydrogen) atoms. The normalized spacial score (nSPS) is 29.9. The van der Waals surface area contributed by atoms with Crippen LogP contribution in [0.3, 0.4) is 0 Å². The Hall–Kier alpha value is -0.220. The summed E-state index contributed by atoms with van der Waals surface area (Å²) >= 11 is 1.74. The molecule has 3 atom stereocenters. The summed E-state index contributed by atoms with van der Waals surface area (Å²) in [6.45, 7) is 6.01. The highest BCUT2D eigenvalue weighted by Gasteiger charge is 2.37. The third kappa shape index (κ3) is 3.11. The van der Waals surface area contributed by atoms with Gasteiger partial charge in [0.05, 0.1) is 4.75 Å². The molecular formula is C11H21NO2S. The smallest absolute Gasteiger partial charge is 0.236 e. The van der Waals surface area contributed by atoms with E-state index in [1.165, 1.54) is 0 Å². The minimum Gasteiger partial charge on any atom is -0.396 e. The molecule has 0 radical (unpaired) electrons. The zero-order valence-electron chi connectivity index (χ0n) is 9.75. The fraction of sp³-hybridized carbons (Fsp3) is 0.909. The molecule has 0 bridgehead atoms. The van der Waals surface area contributed by atoms with Crippen molar-refractivity contribution in [3.63, 3.8) is 0 Å². The molecule has 1 fully saturated rings. The fourth-order valence-corrected chi connectivity index (χ4v) is 2.84. The zero-order valence-corrected chi connectivity index (χ0v) is 10.6. The predicted octanol–water partition coefficient (Wildman–Crippen LogP) is 1.41. The monoisotopic (exact) mass is 231 g/mol. The van der Waals surface area contributed by atoms with Crippen molar-refractivity contribution in [1.82, 2.24) is 5.32 Å². The van der Waals surface area contributed by atoms with Gasteiger partial charge in [0.2, 0.25) is 5.91 Å². The molecule has 0 aromatic rings. The first-order valence-corrected chi connectivity index (χ1v) is 6.54. The number of aliphatic hydroxyl groups excluding tert-OH is 1. The first-order valence-electron chi connectivity index (χ1n) is 5.55. The number of carbonyl (C=O) groups excluding carboxylic acids is 1. The molecule has 4 heteroatoms. The zero-order chi connectivity index (χ0) is 11.5. The first kappa shape index (κ1) is 12.8. The fourth-order valence-electron chi connectivity index (χ4n) is 1.62. The Morgan fingerprint density at radius 1 is 1.60 bits per heavy atom. The van der Waals surface area contributed by atoms with E-state index in [9.17, 15) is 4.79 Å². The quantitative estimate of drug-likeness (QED) is 0.769. The second kappa shape index (κ2) is 5.21. The lowest BCUT2D eigenvalue weighted by Crippen LogP contribution is -2.47. The van der Waals surface area contributed by atoms with Crippen LogP contribution in [-0.2, 0) is 4.79 Å². The van der Waals surface area contributed by atoms with Gasteiger partial charge in [0.15, 0.2) is 0 Å². The van der Waals surface area contributed by atoms with Crippen LogP contribution in [0.4, 0.5) is 0 Å². The Labute approximate surface area is 96.0 Å². The van der Waals surface area contributed by atoms with Gasteiger partial charge in [0, 0.05) is 12.6 Å². The van der Waals surface area contributed by atoms with Gasteiger partial charge < -0.3 is 10.4 Å². The standard InChI is InChI=1S/C11H21NO2S/c1-8(7-13)9(2)12-10(14)11(3)5-4-6-15-11/h8-9,13H,4-7H2,1-3H3,(H,12,14). The number of rotatable bonds is 4. The van der Waals surface area contributed by atoms with Gasteiger partial charge in [0.1, 0.15) is 0 Å². The van der Waals surface area contributed by atoms with E-state index in [4.69, 9.17) is 5.11 Å². The van der Waals surface area contributed by atoms with Crippen molar-refractivity contribution in [2.75, 3.05) is 12.4 Å². The number of hydrogen-bond donors (Lipinski definition) is 2. The van der Waals surface area contributed by atoms with Crippen LogP contribution in [0.5, 0.6) is 0 Å². The highest BCUT2D eigenvalue weighted by Crippen LogP contribution is 2.37. The van der Waals surface area contributed by atoms with Crippen molar-refractivity contribution >= 4 is 17.7 Å². The van der Waals surface area contributed by atoms with Crippen LogP contribution in [0.25, 0.3) is 0 Å². The van der Waals surface area contributed by atoms with E-state index < -0.39 is 0 Å². The van der Waals surface area contributed by atoms with Crippen LogP contribution in [0.2, 0.25) is 0 Å². The van der Waals surface area contributed by atoms with Crippen LogP contribution in [-0.4, -0.2) is 34.2 Å². The van der Waals surface area contributed by atoms with Gasteiger partial charge in [-0.2, -0.15) is 0 Å². The maximum absolute atomic E-state index is 12.0. The SMILES string of the molecule is CC(CO)C(C)NC(=O)C1(C)CCCS1. The minimum absolute atomic E-state index is 0.0422. The molecule has 0 aliphatic carbocycles. The molecule has 0 aromatic heterocycles. The van der Waals surface area contributed by atoms with Crippen molar-refractivity contribution in [2.24, 2.45) is 5.92 Å². The largest absolute Gasteiger partial charge is 0.396 e. The molecule has 1 aliphatic rings. The van der Waals surface area contributed by atoms with Crippen molar-refractivity contribution in [1.29, 1.82) is 0 Å². The summed E-state index contributed by atoms with van der Waals surface area (Å²) in [5.41, 5.74) is 0. The van der Waals surface area contributed by atoms with E-state index in [0.29, 0.717) is 0 Å². The van der Waals surface area contributed by atoms with Gasteiger partial charge in [-0.1, -0.05) is 6.92 Å². The summed E-state index contributed by atoms with van der Waals surface area (Å²) in [5, 5.41) is 12.0. The Morgan fingerprint density at radius 3 is 2.73 bits per heavy atom. The lowest BCUT2D eigenvalue weighted by atomic mass is 10.0. The van der Waals surface area contributed by atoms with Crippen LogP contribution >= 0.6 is 11.8 Å². The van der Waals surface area contributed by atoms with Crippen LogP contribution in [0.15, 0.2) is 0 Å². The minimum atomic E-state index is -0.247. The van der Waals surface area contributed by atoms with Crippen LogP contribution in [0.1, 0.15) is 33.6 Å². The number of thioether (sulfide) groups is 1. The maximum atomic E-state index is 12.0. The van der Waals surface area contributed by atoms with E-state index in [-0.39, 0.29) is 29.2 Å². The number of hydrogen-bond acceptors (Lipinski definition) is 3. The van der Waals surface area contributed by atoms with Gasteiger partial charge in [-0.3, -0.25) is 4.79 Å². The van der Waals surface area contributed by atoms with Gasteiger partial charge in [-0.25, -0.2) is 0 Å². The molecular weight excluding hydrogens is 210 g/mol. The number of nitrogens with one attached hydrogen (secondary N) is 1. The van der Waals surface area contributed by atoms with Gasteiger partial charge in [-0.15, -0.1) is 11.8 Å². The van der Waals surface area contributed by atoms with Crippen molar-refractivity contribution in [3.05, 3.63) is 0 Å². The second-order valence-corrected chi connectivity index (χ2v) is 6.20. The summed E-state index contributed by atoms with van der Waals surface area (Å²) < 4.78 is -0.247. The van der Waals surface area contributed by atoms with Crippen LogP contribution < -0.4 is 5.32 Å². The molecule has 3 unspecified atom stereocenters. The molecule has 3 nitrogen and oxygen atoms in total. The third-order valence-electron chi connectivity index (χ3n) is 3.20. The molecule has 0 saturated carbocycles. The molecule has 1 rings (SSSR count). The van der Waals surface area contributed by atoms with Gasteiger partial charge in [-0.05, 0) is 38.4 Å². The summed E-state index contributed by atoms with van der Waals surface area (Å²) in [7, 11) is 0. The van der Waals surface area contributed by atoms with E-state index in [1.807, 2.05) is 20.8 Å². The Kier molecular flexibility index (Phi) is 4.46. The first-order chi connectivity index (χ1) is 6.99. The highest BCUT2D eigenvalue weighted by atomic mass is 32.2. The van der Waals surface area contributed by atoms with Gasteiger partial charge in [0.25, 0.3) is 0 Å². The molecule has 2 N–H and O–H groups in total. The molecule has 1 amide bonds. The lowest BCUT2D eigenvalue weighted by Gasteiger charge is -2.26. The lowest BCUT2D eigenvalue weighted by molar-refractivity contribution is -0.124. The van der Waals surface area contributed by atoms with E-state index in [2.05, 4.69) is 5.32 Å². The Morgan fingerprint density at radius 2 is 2.27 bits per heavy atom. The Balaban J connectivity index is 2.47. The molecule has 0 spiro atoms. The van der Waals surface area contributed by atoms with Crippen LogP contribution in [0, 0.1) is 5.92 Å². The molecule has 1 saturated heterocycles. The highest BCUT2D eigenvalue weighted by molar-refractivity contribution is 8.01. The third-order valence-corrected chi connectivity index (χ3v) is 4.72. The van der Waals surface area contributed by atoms with E-state index in [1.54, 1.807) is 11.8 Å². The number of aliphatic hydroxyl groups is 1. The summed E-state index contributed by atoms with van der Waals surface area (Å²) in [4.78, 5) is 12.0. The number of amides is 1. The number of carbonyl (C=O) groups is 1. The molecule has 1 heterocycles. The average molecular weight is 231 g/mol. The maximum Gasteiger partial charge on any atom is 0.236 e. The van der Waals surface area contributed by atoms with E-state index >= 15 is 0 Å². The van der Waals surface area contributed by atoms with Crippen molar-refractivity contribution < 1.29 is 9.90 Å². The summed E-state index contributed by atoms with van der Waals surface area (Å²) in [5.74, 6) is 1.31. The predicted molar refractivity (Wildman–Crippen MR) is 64.0 cm³/mol. The van der Waals surface area contributed by atoms with Crippen molar-refractivity contribution in [2.45, 2.75) is 44.4 Å². The summed E-state index contributed by atoms with van der Waals surface area (Å²) in [6.07, 6.45) is 2.09. The van der Waals surface area contributed by atoms with Crippen molar-refractivity contribution in [3.8, 4) is 0 Å². The Bertz CT molecular complexity index is 227. The van der Waals surface area contributed by atoms with Gasteiger partial charge >= 0.3 is 0 Å². The molecule has 0 aromatic carbocycles. The average Bonchev–Trinajstić information content (AvgIpc) is 2.65.